The number of nitrogens with one attached hydrogen (secondary N) is 1. The topological polar surface area (TPSA) is 88.3 Å². The van der Waals surface area contributed by atoms with Crippen molar-refractivity contribution in [3.63, 3.8) is 0 Å². The number of alkyl halides is 3. The van der Waals surface area contributed by atoms with E-state index in [2.05, 4.69) is 15.5 Å². The van der Waals surface area contributed by atoms with Gasteiger partial charge in [-0.2, -0.15) is 18.2 Å². The Labute approximate surface area is 180 Å². The van der Waals surface area contributed by atoms with Gasteiger partial charge in [0.25, 0.3) is 5.91 Å². The number of urea groups is 1. The average molecular weight is 442 g/mol. The second-order valence-corrected chi connectivity index (χ2v) is 7.94. The van der Waals surface area contributed by atoms with E-state index in [4.69, 9.17) is 4.52 Å². The number of halogens is 3. The van der Waals surface area contributed by atoms with E-state index in [-0.39, 0.29) is 24.2 Å². The highest BCUT2D eigenvalue weighted by Crippen LogP contribution is 2.34. The number of amides is 3. The lowest BCUT2D eigenvalue weighted by Gasteiger charge is -2.32. The quantitative estimate of drug-likeness (QED) is 0.625. The lowest BCUT2D eigenvalue weighted by Crippen LogP contribution is -2.51. The van der Waals surface area contributed by atoms with Crippen molar-refractivity contribution < 1.29 is 27.3 Å². The van der Waals surface area contributed by atoms with Crippen molar-refractivity contribution in [1.82, 2.24) is 20.4 Å². The molecule has 10 heteroatoms. The molecule has 1 aromatic heterocycles. The Morgan fingerprint density at radius 3 is 2.50 bits per heavy atom. The summed E-state index contributed by atoms with van der Waals surface area (Å²) in [6.45, 7) is -0.221. The number of aromatic nitrogens is 2. The number of rotatable bonds is 3. The molecule has 1 aliphatic carbocycles. The third-order valence-corrected chi connectivity index (χ3v) is 5.91. The van der Waals surface area contributed by atoms with Gasteiger partial charge in [-0.3, -0.25) is 9.69 Å². The standard InChI is InChI=1S/C22H17F3N4O3/c23-22(24,25)16-7-5-14(6-8-16)18-26-17(32-28-18)12-29-19(30)21(27-20(29)31)10-9-13-3-1-2-4-15(13)11-21/h1-8H,9-12H2,(H,27,31). The van der Waals surface area contributed by atoms with Gasteiger partial charge in [0.05, 0.1) is 5.56 Å². The van der Waals surface area contributed by atoms with Crippen LogP contribution in [-0.4, -0.2) is 32.5 Å². The summed E-state index contributed by atoms with van der Waals surface area (Å²) in [4.78, 5) is 30.9. The maximum absolute atomic E-state index is 13.2. The predicted molar refractivity (Wildman–Crippen MR) is 105 cm³/mol. The zero-order valence-electron chi connectivity index (χ0n) is 16.6. The molecule has 2 aliphatic rings. The van der Waals surface area contributed by atoms with Crippen molar-refractivity contribution >= 4 is 11.9 Å². The minimum atomic E-state index is -4.44. The van der Waals surface area contributed by atoms with Crippen molar-refractivity contribution in [3.05, 3.63) is 71.1 Å². The molecule has 2 heterocycles. The Hall–Kier alpha value is -3.69. The van der Waals surface area contributed by atoms with Crippen LogP contribution in [0.5, 0.6) is 0 Å². The molecule has 5 rings (SSSR count). The number of carbonyl (C=O) groups is 2. The fraction of sp³-hybridized carbons (Fsp3) is 0.273. The summed E-state index contributed by atoms with van der Waals surface area (Å²) in [6, 6.07) is 11.6. The van der Waals surface area contributed by atoms with E-state index in [0.29, 0.717) is 24.8 Å². The molecule has 3 amide bonds. The molecule has 0 bridgehead atoms. The SMILES string of the molecule is O=C1NC2(CCc3ccccc3C2)C(=O)N1Cc1nc(-c2ccc(C(F)(F)F)cc2)no1. The summed E-state index contributed by atoms with van der Waals surface area (Å²) in [5, 5.41) is 6.60. The summed E-state index contributed by atoms with van der Waals surface area (Å²) >= 11 is 0. The number of imide groups is 1. The molecule has 1 fully saturated rings. The average Bonchev–Trinajstić information content (AvgIpc) is 3.32. The zero-order chi connectivity index (χ0) is 22.5. The van der Waals surface area contributed by atoms with Crippen LogP contribution in [-0.2, 0) is 30.4 Å². The maximum Gasteiger partial charge on any atom is 0.416 e. The molecule has 1 atom stereocenters. The van der Waals surface area contributed by atoms with Crippen LogP contribution in [0.4, 0.5) is 18.0 Å². The maximum atomic E-state index is 13.2. The van der Waals surface area contributed by atoms with Crippen LogP contribution in [0.2, 0.25) is 0 Å². The van der Waals surface area contributed by atoms with Crippen molar-refractivity contribution in [2.24, 2.45) is 0 Å². The van der Waals surface area contributed by atoms with Gasteiger partial charge in [-0.05, 0) is 36.1 Å². The summed E-state index contributed by atoms with van der Waals surface area (Å²) in [6.07, 6.45) is -2.87. The summed E-state index contributed by atoms with van der Waals surface area (Å²) in [5.74, 6) is -0.273. The van der Waals surface area contributed by atoms with Crippen molar-refractivity contribution in [2.45, 2.75) is 37.5 Å². The first kappa shape index (κ1) is 20.2. The third kappa shape index (κ3) is 3.41. The largest absolute Gasteiger partial charge is 0.416 e. The Morgan fingerprint density at radius 2 is 1.78 bits per heavy atom. The molecule has 3 aromatic rings. The second-order valence-electron chi connectivity index (χ2n) is 7.94. The Kier molecular flexibility index (Phi) is 4.54. The van der Waals surface area contributed by atoms with E-state index in [1.807, 2.05) is 24.3 Å². The fourth-order valence-electron chi connectivity index (χ4n) is 4.22. The van der Waals surface area contributed by atoms with Crippen molar-refractivity contribution in [1.29, 1.82) is 0 Å². The molecule has 0 saturated carbocycles. The highest BCUT2D eigenvalue weighted by atomic mass is 19.4. The molecular weight excluding hydrogens is 425 g/mol. The molecule has 1 unspecified atom stereocenters. The number of hydrogen-bond acceptors (Lipinski definition) is 5. The molecule has 7 nitrogen and oxygen atoms in total. The first-order valence-corrected chi connectivity index (χ1v) is 9.96. The van der Waals surface area contributed by atoms with Crippen LogP contribution >= 0.6 is 0 Å². The van der Waals surface area contributed by atoms with Crippen LogP contribution in [0.25, 0.3) is 11.4 Å². The van der Waals surface area contributed by atoms with Crippen LogP contribution in [0.15, 0.2) is 53.1 Å². The van der Waals surface area contributed by atoms with Crippen LogP contribution in [0, 0.1) is 0 Å². The van der Waals surface area contributed by atoms with E-state index in [1.165, 1.54) is 12.1 Å². The number of aryl methyl sites for hydroxylation is 1. The van der Waals surface area contributed by atoms with Gasteiger partial charge < -0.3 is 9.84 Å². The van der Waals surface area contributed by atoms with Gasteiger partial charge in [0.2, 0.25) is 11.7 Å². The lowest BCUT2D eigenvalue weighted by molar-refractivity contribution is -0.137. The number of benzene rings is 2. The first-order chi connectivity index (χ1) is 15.2. The van der Waals surface area contributed by atoms with Crippen LogP contribution in [0.1, 0.15) is 29.0 Å². The number of fused-ring (bicyclic) bond motifs is 1. The van der Waals surface area contributed by atoms with E-state index in [0.717, 1.165) is 28.2 Å². The molecule has 164 valence electrons. The highest BCUT2D eigenvalue weighted by molar-refractivity contribution is 6.07. The molecule has 0 radical (unpaired) electrons. The Bertz CT molecular complexity index is 1210. The third-order valence-electron chi connectivity index (χ3n) is 5.91. The first-order valence-electron chi connectivity index (χ1n) is 9.96. The normalized spacial score (nSPS) is 20.5. The number of hydrogen-bond donors (Lipinski definition) is 1. The zero-order valence-corrected chi connectivity index (χ0v) is 16.6. The number of carbonyl (C=O) groups excluding carboxylic acids is 2. The van der Waals surface area contributed by atoms with Crippen LogP contribution in [0.3, 0.4) is 0 Å². The van der Waals surface area contributed by atoms with Crippen molar-refractivity contribution in [2.75, 3.05) is 0 Å². The van der Waals surface area contributed by atoms with Gasteiger partial charge >= 0.3 is 12.2 Å². The fourth-order valence-corrected chi connectivity index (χ4v) is 4.22. The lowest BCUT2D eigenvalue weighted by atomic mass is 9.78. The molecular formula is C22H17F3N4O3. The van der Waals surface area contributed by atoms with Crippen LogP contribution < -0.4 is 5.32 Å². The molecule has 1 spiro atoms. The summed E-state index contributed by atoms with van der Waals surface area (Å²) < 4.78 is 43.4. The Balaban J connectivity index is 1.33. The molecule has 1 aliphatic heterocycles. The minimum absolute atomic E-state index is 0.0108. The smallest absolute Gasteiger partial charge is 0.337 e. The monoisotopic (exact) mass is 442 g/mol. The molecule has 1 saturated heterocycles. The second kappa shape index (κ2) is 7.18. The molecule has 32 heavy (non-hydrogen) atoms. The van der Waals surface area contributed by atoms with Gasteiger partial charge in [0.15, 0.2) is 0 Å². The summed E-state index contributed by atoms with van der Waals surface area (Å²) in [5.41, 5.74) is 0.726. The molecule has 1 N–H and O–H groups in total. The highest BCUT2D eigenvalue weighted by Gasteiger charge is 2.52. The Morgan fingerprint density at radius 1 is 1.06 bits per heavy atom. The van der Waals surface area contributed by atoms with Crippen molar-refractivity contribution in [3.8, 4) is 11.4 Å². The van der Waals surface area contributed by atoms with E-state index >= 15 is 0 Å². The van der Waals surface area contributed by atoms with E-state index in [1.54, 1.807) is 0 Å². The van der Waals surface area contributed by atoms with E-state index < -0.39 is 23.3 Å². The van der Waals surface area contributed by atoms with E-state index in [9.17, 15) is 22.8 Å². The van der Waals surface area contributed by atoms with Gasteiger partial charge in [0.1, 0.15) is 12.1 Å². The predicted octanol–water partition coefficient (Wildman–Crippen LogP) is 3.73. The van der Waals surface area contributed by atoms with Gasteiger partial charge in [-0.15, -0.1) is 0 Å². The van der Waals surface area contributed by atoms with Gasteiger partial charge in [-0.1, -0.05) is 41.6 Å². The summed E-state index contributed by atoms with van der Waals surface area (Å²) in [7, 11) is 0. The minimum Gasteiger partial charge on any atom is -0.337 e. The van der Waals surface area contributed by atoms with Gasteiger partial charge in [-0.25, -0.2) is 4.79 Å². The molecule has 2 aromatic carbocycles. The van der Waals surface area contributed by atoms with Gasteiger partial charge in [0, 0.05) is 12.0 Å². The number of nitrogens with zero attached hydrogens (tertiary/aromatic N) is 3.